The summed E-state index contributed by atoms with van der Waals surface area (Å²) in [6.45, 7) is 7.98. The van der Waals surface area contributed by atoms with Crippen LogP contribution in [0.4, 0.5) is 5.69 Å². The van der Waals surface area contributed by atoms with Crippen LogP contribution in [-0.2, 0) is 4.79 Å². The van der Waals surface area contributed by atoms with Crippen molar-refractivity contribution in [2.24, 2.45) is 0 Å². The molecule has 2 amide bonds. The van der Waals surface area contributed by atoms with Crippen LogP contribution >= 0.6 is 0 Å². The van der Waals surface area contributed by atoms with E-state index in [2.05, 4.69) is 59.4 Å². The van der Waals surface area contributed by atoms with Crippen LogP contribution in [0, 0.1) is 27.7 Å². The molecule has 0 fully saturated rings. The quantitative estimate of drug-likeness (QED) is 0.608. The maximum absolute atomic E-state index is 12.5. The molecule has 5 nitrogen and oxygen atoms in total. The lowest BCUT2D eigenvalue weighted by molar-refractivity contribution is -0.111. The number of hydrogen-bond donors (Lipinski definition) is 2. The van der Waals surface area contributed by atoms with Crippen LogP contribution < -0.4 is 10.6 Å². The summed E-state index contributed by atoms with van der Waals surface area (Å²) in [4.78, 5) is 24.4. The van der Waals surface area contributed by atoms with Crippen molar-refractivity contribution in [1.29, 1.82) is 0 Å². The van der Waals surface area contributed by atoms with E-state index < -0.39 is 0 Å². The summed E-state index contributed by atoms with van der Waals surface area (Å²) in [6.07, 6.45) is 3.34. The first-order valence-corrected chi connectivity index (χ1v) is 9.88. The SMILES string of the molecule is CNC(=O)c1cccc(NC(=O)/C=C/c2cc(C)n(-c3ccc(C)cc3)c2C)c1C. The van der Waals surface area contributed by atoms with Gasteiger partial charge in [-0.25, -0.2) is 0 Å². The van der Waals surface area contributed by atoms with E-state index in [-0.39, 0.29) is 11.8 Å². The lowest BCUT2D eigenvalue weighted by Gasteiger charge is -2.10. The molecule has 0 aliphatic rings. The van der Waals surface area contributed by atoms with Gasteiger partial charge >= 0.3 is 0 Å². The topological polar surface area (TPSA) is 63.1 Å². The first-order valence-electron chi connectivity index (χ1n) is 9.88. The van der Waals surface area contributed by atoms with Gasteiger partial charge in [0.15, 0.2) is 0 Å². The summed E-state index contributed by atoms with van der Waals surface area (Å²) in [7, 11) is 1.59. The molecule has 3 aromatic rings. The smallest absolute Gasteiger partial charge is 0.251 e. The zero-order valence-electron chi connectivity index (χ0n) is 18.0. The fourth-order valence-electron chi connectivity index (χ4n) is 3.54. The maximum Gasteiger partial charge on any atom is 0.251 e. The standard InChI is InChI=1S/C25H27N3O2/c1-16-9-12-21(13-10-16)28-17(2)15-20(19(28)4)11-14-24(29)27-23-8-6-7-22(18(23)3)25(30)26-5/h6-15H,1-5H3,(H,26,30)(H,27,29)/b14-11+. The number of nitrogens with zero attached hydrogens (tertiary/aromatic N) is 1. The van der Waals surface area contributed by atoms with Crippen molar-refractivity contribution in [2.45, 2.75) is 27.7 Å². The minimum atomic E-state index is -0.243. The molecule has 0 aliphatic heterocycles. The second-order valence-corrected chi connectivity index (χ2v) is 7.38. The Morgan fingerprint density at radius 2 is 1.67 bits per heavy atom. The molecule has 0 spiro atoms. The molecule has 30 heavy (non-hydrogen) atoms. The summed E-state index contributed by atoms with van der Waals surface area (Å²) in [6, 6.07) is 15.7. The summed E-state index contributed by atoms with van der Waals surface area (Å²) in [5, 5.41) is 5.48. The van der Waals surface area contributed by atoms with Crippen LogP contribution in [0.2, 0.25) is 0 Å². The first kappa shape index (κ1) is 21.1. The Labute approximate surface area is 177 Å². The lowest BCUT2D eigenvalue weighted by Crippen LogP contribution is -2.20. The third kappa shape index (κ3) is 4.35. The van der Waals surface area contributed by atoms with Gasteiger partial charge in [-0.3, -0.25) is 9.59 Å². The molecule has 0 atom stereocenters. The highest BCUT2D eigenvalue weighted by molar-refractivity contribution is 6.04. The highest BCUT2D eigenvalue weighted by Crippen LogP contribution is 2.23. The highest BCUT2D eigenvalue weighted by atomic mass is 16.2. The number of amides is 2. The van der Waals surface area contributed by atoms with Gasteiger partial charge in [0, 0.05) is 41.4 Å². The van der Waals surface area contributed by atoms with E-state index >= 15 is 0 Å². The average molecular weight is 402 g/mol. The van der Waals surface area contributed by atoms with Crippen molar-refractivity contribution in [3.8, 4) is 5.69 Å². The normalized spacial score (nSPS) is 11.0. The highest BCUT2D eigenvalue weighted by Gasteiger charge is 2.12. The van der Waals surface area contributed by atoms with Crippen molar-refractivity contribution in [3.63, 3.8) is 0 Å². The molecule has 1 heterocycles. The van der Waals surface area contributed by atoms with Crippen LogP contribution in [0.5, 0.6) is 0 Å². The Kier molecular flexibility index (Phi) is 6.21. The molecule has 0 aliphatic carbocycles. The molecule has 2 N–H and O–H groups in total. The number of aryl methyl sites for hydroxylation is 2. The van der Waals surface area contributed by atoms with E-state index in [0.717, 1.165) is 28.2 Å². The Morgan fingerprint density at radius 3 is 2.33 bits per heavy atom. The van der Waals surface area contributed by atoms with Gasteiger partial charge in [-0.05, 0) is 75.2 Å². The fraction of sp³-hybridized carbons (Fsp3) is 0.200. The van der Waals surface area contributed by atoms with Crippen LogP contribution in [0.15, 0.2) is 54.6 Å². The molecule has 3 rings (SSSR count). The number of anilines is 1. The van der Waals surface area contributed by atoms with Gasteiger partial charge in [0.2, 0.25) is 5.91 Å². The third-order valence-electron chi connectivity index (χ3n) is 5.24. The predicted octanol–water partition coefficient (Wildman–Crippen LogP) is 4.72. The van der Waals surface area contributed by atoms with E-state index in [9.17, 15) is 9.59 Å². The van der Waals surface area contributed by atoms with E-state index in [1.54, 1.807) is 25.2 Å². The van der Waals surface area contributed by atoms with Crippen molar-refractivity contribution in [3.05, 3.63) is 88.2 Å². The van der Waals surface area contributed by atoms with Crippen LogP contribution in [0.3, 0.4) is 0 Å². The average Bonchev–Trinajstić information content (AvgIpc) is 3.01. The molecule has 2 aromatic carbocycles. The molecule has 154 valence electrons. The van der Waals surface area contributed by atoms with Crippen molar-refractivity contribution >= 4 is 23.6 Å². The monoisotopic (exact) mass is 401 g/mol. The summed E-state index contributed by atoms with van der Waals surface area (Å²) < 4.78 is 2.17. The molecule has 0 saturated heterocycles. The number of carbonyl (C=O) groups excluding carboxylic acids is 2. The Balaban J connectivity index is 1.80. The van der Waals surface area contributed by atoms with Gasteiger partial charge in [0.05, 0.1) is 0 Å². The second kappa shape index (κ2) is 8.82. The van der Waals surface area contributed by atoms with Crippen molar-refractivity contribution in [2.75, 3.05) is 12.4 Å². The lowest BCUT2D eigenvalue weighted by atomic mass is 10.1. The van der Waals surface area contributed by atoms with Crippen LogP contribution in [0.25, 0.3) is 11.8 Å². The predicted molar refractivity (Wildman–Crippen MR) is 122 cm³/mol. The minimum absolute atomic E-state index is 0.178. The number of benzene rings is 2. The Bertz CT molecular complexity index is 1120. The zero-order valence-corrected chi connectivity index (χ0v) is 18.0. The molecule has 0 saturated carbocycles. The van der Waals surface area contributed by atoms with E-state index in [0.29, 0.717) is 11.3 Å². The second-order valence-electron chi connectivity index (χ2n) is 7.38. The van der Waals surface area contributed by atoms with Crippen LogP contribution in [0.1, 0.15) is 38.4 Å². The Morgan fingerprint density at radius 1 is 0.967 bits per heavy atom. The van der Waals surface area contributed by atoms with Gasteiger partial charge < -0.3 is 15.2 Å². The van der Waals surface area contributed by atoms with Gasteiger partial charge in [-0.2, -0.15) is 0 Å². The van der Waals surface area contributed by atoms with Crippen molar-refractivity contribution < 1.29 is 9.59 Å². The first-order chi connectivity index (χ1) is 14.3. The summed E-state index contributed by atoms with van der Waals surface area (Å²) in [5.74, 6) is -0.421. The molecular formula is C25H27N3O2. The summed E-state index contributed by atoms with van der Waals surface area (Å²) in [5.41, 5.74) is 7.37. The Hall–Kier alpha value is -3.60. The minimum Gasteiger partial charge on any atom is -0.355 e. The van der Waals surface area contributed by atoms with E-state index in [4.69, 9.17) is 0 Å². The fourth-order valence-corrected chi connectivity index (χ4v) is 3.54. The number of aromatic nitrogens is 1. The van der Waals surface area contributed by atoms with Crippen molar-refractivity contribution in [1.82, 2.24) is 9.88 Å². The number of rotatable bonds is 5. The van der Waals surface area contributed by atoms with Gasteiger partial charge in [-0.15, -0.1) is 0 Å². The molecule has 0 radical (unpaired) electrons. The van der Waals surface area contributed by atoms with E-state index in [1.807, 2.05) is 19.9 Å². The van der Waals surface area contributed by atoms with E-state index in [1.165, 1.54) is 11.6 Å². The van der Waals surface area contributed by atoms with Gasteiger partial charge in [0.1, 0.15) is 0 Å². The number of nitrogens with one attached hydrogen (secondary N) is 2. The molecule has 5 heteroatoms. The molecular weight excluding hydrogens is 374 g/mol. The molecule has 0 unspecified atom stereocenters. The number of carbonyl (C=O) groups is 2. The zero-order chi connectivity index (χ0) is 21.8. The molecule has 0 bridgehead atoms. The summed E-state index contributed by atoms with van der Waals surface area (Å²) >= 11 is 0. The van der Waals surface area contributed by atoms with Crippen LogP contribution in [-0.4, -0.2) is 23.4 Å². The molecule has 1 aromatic heterocycles. The third-order valence-corrected chi connectivity index (χ3v) is 5.24. The maximum atomic E-state index is 12.5. The van der Waals surface area contributed by atoms with Gasteiger partial charge in [0.25, 0.3) is 5.91 Å². The largest absolute Gasteiger partial charge is 0.355 e. The number of hydrogen-bond acceptors (Lipinski definition) is 2. The van der Waals surface area contributed by atoms with Gasteiger partial charge in [-0.1, -0.05) is 23.8 Å².